The zero-order chi connectivity index (χ0) is 19.1. The van der Waals surface area contributed by atoms with Gasteiger partial charge in [0.1, 0.15) is 7.85 Å². The summed E-state index contributed by atoms with van der Waals surface area (Å²) < 4.78 is 1.15. The minimum absolute atomic E-state index is 0.580. The molecule has 1 nitrogen and oxygen atoms in total. The molecule has 0 unspecified atom stereocenters. The normalized spacial score (nSPS) is 10.9. The Morgan fingerprint density at radius 3 is 2.15 bits per heavy atom. The number of aromatic nitrogens is 1. The average molecular weight is 410 g/mol. The minimum atomic E-state index is 0.580. The van der Waals surface area contributed by atoms with Gasteiger partial charge in [-0.3, -0.25) is 4.98 Å². The topological polar surface area (TPSA) is 12.9 Å². The number of halogens is 1. The Morgan fingerprint density at radius 1 is 0.923 bits per heavy atom. The molecule has 0 aliphatic carbocycles. The second-order valence-electron chi connectivity index (χ2n) is 7.39. The second kappa shape index (κ2) is 9.92. The van der Waals surface area contributed by atoms with Crippen molar-refractivity contribution < 1.29 is 0 Å². The number of benzene rings is 2. The van der Waals surface area contributed by atoms with Crippen LogP contribution >= 0.6 is 15.9 Å². The van der Waals surface area contributed by atoms with E-state index >= 15 is 0 Å². The lowest BCUT2D eigenvalue weighted by Gasteiger charge is -2.09. The van der Waals surface area contributed by atoms with Crippen molar-refractivity contribution in [3.05, 3.63) is 76.0 Å². The van der Waals surface area contributed by atoms with Gasteiger partial charge in [-0.25, -0.2) is 0 Å². The maximum Gasteiger partial charge on any atom is 0.101 e. The first-order valence-electron chi connectivity index (χ1n) is 9.54. The van der Waals surface area contributed by atoms with Crippen LogP contribution in [0.5, 0.6) is 0 Å². The zero-order valence-corrected chi connectivity index (χ0v) is 18.2. The number of fused-ring (bicyclic) bond motifs is 1. The summed E-state index contributed by atoms with van der Waals surface area (Å²) in [5.74, 6) is 1.16. The molecule has 0 N–H and O–H groups in total. The lowest BCUT2D eigenvalue weighted by Crippen LogP contribution is -1.94. The van der Waals surface area contributed by atoms with Gasteiger partial charge in [0.05, 0.1) is 0 Å². The zero-order valence-electron chi connectivity index (χ0n) is 16.6. The molecule has 0 aliphatic heterocycles. The highest BCUT2D eigenvalue weighted by molar-refractivity contribution is 9.10. The highest BCUT2D eigenvalue weighted by atomic mass is 79.9. The molecule has 1 heterocycles. The van der Waals surface area contributed by atoms with E-state index in [-0.39, 0.29) is 0 Å². The fourth-order valence-corrected chi connectivity index (χ4v) is 3.30. The first-order chi connectivity index (χ1) is 12.4. The number of rotatable bonds is 4. The van der Waals surface area contributed by atoms with E-state index in [0.29, 0.717) is 11.8 Å². The van der Waals surface area contributed by atoms with Crippen LogP contribution in [0.1, 0.15) is 56.2 Å². The van der Waals surface area contributed by atoms with E-state index in [1.54, 1.807) is 0 Å². The molecule has 2 aromatic carbocycles. The third-order valence-corrected chi connectivity index (χ3v) is 5.06. The molecule has 136 valence electrons. The van der Waals surface area contributed by atoms with Gasteiger partial charge < -0.3 is 0 Å². The molecule has 0 saturated heterocycles. The molecule has 0 amide bonds. The largest absolute Gasteiger partial charge is 0.264 e. The molecular formula is C23H29BBrN. The van der Waals surface area contributed by atoms with E-state index in [4.69, 9.17) is 0 Å². The summed E-state index contributed by atoms with van der Waals surface area (Å²) in [6, 6.07) is 15.3. The highest BCUT2D eigenvalue weighted by Gasteiger charge is 2.03. The van der Waals surface area contributed by atoms with E-state index in [2.05, 4.69) is 98.9 Å². The van der Waals surface area contributed by atoms with Crippen molar-refractivity contribution in [3.63, 3.8) is 0 Å². The van der Waals surface area contributed by atoms with E-state index in [1.165, 1.54) is 40.2 Å². The summed E-state index contributed by atoms with van der Waals surface area (Å²) in [4.78, 5) is 4.23. The van der Waals surface area contributed by atoms with Gasteiger partial charge in [-0.1, -0.05) is 80.3 Å². The van der Waals surface area contributed by atoms with Gasteiger partial charge in [-0.05, 0) is 57.9 Å². The van der Waals surface area contributed by atoms with E-state index in [1.807, 2.05) is 12.4 Å². The van der Waals surface area contributed by atoms with Gasteiger partial charge in [0, 0.05) is 16.9 Å². The Hall–Kier alpha value is -1.61. The maximum absolute atomic E-state index is 4.23. The molecule has 0 radical (unpaired) electrons. The molecule has 0 bridgehead atoms. The number of pyridine rings is 1. The van der Waals surface area contributed by atoms with Gasteiger partial charge in [0.2, 0.25) is 0 Å². The molecule has 3 heteroatoms. The van der Waals surface area contributed by atoms with Crippen molar-refractivity contribution >= 4 is 34.5 Å². The van der Waals surface area contributed by atoms with Gasteiger partial charge in [-0.2, -0.15) is 0 Å². The Labute approximate surface area is 167 Å². The first-order valence-corrected chi connectivity index (χ1v) is 10.3. The summed E-state index contributed by atoms with van der Waals surface area (Å²) in [7, 11) is 2.22. The second-order valence-corrected chi connectivity index (χ2v) is 8.31. The van der Waals surface area contributed by atoms with Crippen molar-refractivity contribution in [1.82, 2.24) is 4.98 Å². The summed E-state index contributed by atoms with van der Waals surface area (Å²) in [6.07, 6.45) is 6.28. The highest BCUT2D eigenvalue weighted by Crippen LogP contribution is 2.23. The molecule has 1 aromatic heterocycles. The van der Waals surface area contributed by atoms with Gasteiger partial charge in [0.25, 0.3) is 0 Å². The van der Waals surface area contributed by atoms with E-state index in [9.17, 15) is 0 Å². The summed E-state index contributed by atoms with van der Waals surface area (Å²) >= 11 is 3.50. The minimum Gasteiger partial charge on any atom is -0.264 e. The van der Waals surface area contributed by atoms with Crippen LogP contribution in [-0.4, -0.2) is 12.8 Å². The lowest BCUT2D eigenvalue weighted by molar-refractivity contribution is 0.820. The van der Waals surface area contributed by atoms with Crippen LogP contribution in [0, 0.1) is 0 Å². The number of hydrogen-bond acceptors (Lipinski definition) is 1. The molecule has 0 aliphatic rings. The van der Waals surface area contributed by atoms with Crippen LogP contribution in [0.15, 0.2) is 59.3 Å². The third kappa shape index (κ3) is 5.70. The van der Waals surface area contributed by atoms with Crippen LogP contribution in [0.25, 0.3) is 10.8 Å². The molecule has 0 fully saturated rings. The van der Waals surface area contributed by atoms with Crippen LogP contribution in [0.2, 0.25) is 6.32 Å². The van der Waals surface area contributed by atoms with Gasteiger partial charge >= 0.3 is 0 Å². The van der Waals surface area contributed by atoms with Crippen molar-refractivity contribution in [3.8, 4) is 0 Å². The molecule has 0 atom stereocenters. The molecule has 3 aromatic rings. The molecule has 0 spiro atoms. The van der Waals surface area contributed by atoms with Crippen molar-refractivity contribution in [2.75, 3.05) is 0 Å². The van der Waals surface area contributed by atoms with Crippen LogP contribution in [0.4, 0.5) is 0 Å². The number of hydrogen-bond donors (Lipinski definition) is 0. The predicted molar refractivity (Wildman–Crippen MR) is 121 cm³/mol. The molecule has 0 saturated carbocycles. The standard InChI is InChI=1S/C12H12BBr.C11H17N/c13-7-6-9-2-1-3-10-8-11(14)4-5-12(9)10;1-8(2)10-5-11(9(3)4)7-12-6-10/h1-5,8H,6-7,13H2;5-9H,1-4H3. The van der Waals surface area contributed by atoms with Crippen LogP contribution in [-0.2, 0) is 6.42 Å². The Bertz CT molecular complexity index is 819. The Kier molecular flexibility index (Phi) is 7.90. The van der Waals surface area contributed by atoms with E-state index in [0.717, 1.165) is 4.47 Å². The molecular weight excluding hydrogens is 381 g/mol. The molecule has 26 heavy (non-hydrogen) atoms. The van der Waals surface area contributed by atoms with E-state index < -0.39 is 0 Å². The van der Waals surface area contributed by atoms with Gasteiger partial charge in [0.15, 0.2) is 0 Å². The summed E-state index contributed by atoms with van der Waals surface area (Å²) in [5.41, 5.74) is 4.12. The quantitative estimate of drug-likeness (QED) is 0.446. The maximum atomic E-state index is 4.23. The van der Waals surface area contributed by atoms with Crippen molar-refractivity contribution in [1.29, 1.82) is 0 Å². The van der Waals surface area contributed by atoms with Gasteiger partial charge in [-0.15, -0.1) is 0 Å². The van der Waals surface area contributed by atoms with Crippen molar-refractivity contribution in [2.45, 2.75) is 52.3 Å². The Morgan fingerprint density at radius 2 is 1.58 bits per heavy atom. The SMILES string of the molecule is BCCc1cccc2cc(Br)ccc12.CC(C)c1cncc(C(C)C)c1. The summed E-state index contributed by atoms with van der Waals surface area (Å²) in [5, 5.41) is 2.71. The third-order valence-electron chi connectivity index (χ3n) is 4.57. The lowest BCUT2D eigenvalue weighted by atomic mass is 9.94. The monoisotopic (exact) mass is 409 g/mol. The molecule has 3 rings (SSSR count). The fourth-order valence-electron chi connectivity index (χ4n) is 2.92. The predicted octanol–water partition coefficient (Wildman–Crippen LogP) is 6.52. The Balaban J connectivity index is 0.000000190. The average Bonchev–Trinajstić information content (AvgIpc) is 2.62. The fraction of sp³-hybridized carbons (Fsp3) is 0.348. The van der Waals surface area contributed by atoms with Crippen molar-refractivity contribution in [2.24, 2.45) is 0 Å². The summed E-state index contributed by atoms with van der Waals surface area (Å²) in [6.45, 7) is 8.78. The first kappa shape index (κ1) is 20.7. The number of aryl methyl sites for hydroxylation is 1. The number of nitrogens with zero attached hydrogens (tertiary/aromatic N) is 1. The van der Waals surface area contributed by atoms with Crippen LogP contribution in [0.3, 0.4) is 0 Å². The van der Waals surface area contributed by atoms with Crippen LogP contribution < -0.4 is 0 Å². The smallest absolute Gasteiger partial charge is 0.101 e.